The van der Waals surface area contributed by atoms with Crippen molar-refractivity contribution in [2.45, 2.75) is 12.8 Å². The van der Waals surface area contributed by atoms with Crippen molar-refractivity contribution in [3.63, 3.8) is 0 Å². The third-order valence-corrected chi connectivity index (χ3v) is 4.96. The smallest absolute Gasteiger partial charge is 0.416 e. The molecule has 3 rings (SSSR count). The lowest BCUT2D eigenvalue weighted by molar-refractivity contribution is -0.137. The summed E-state index contributed by atoms with van der Waals surface area (Å²) in [4.78, 5) is 12.2. The highest BCUT2D eigenvalue weighted by Gasteiger charge is 2.30. The third-order valence-electron chi connectivity index (χ3n) is 3.80. The number of carbonyl (C=O) groups is 1. The molecule has 0 spiro atoms. The molecule has 28 heavy (non-hydrogen) atoms. The fourth-order valence-corrected chi connectivity index (χ4v) is 3.54. The van der Waals surface area contributed by atoms with E-state index in [0.717, 1.165) is 23.9 Å². The summed E-state index contributed by atoms with van der Waals surface area (Å²) in [7, 11) is 1.49. The van der Waals surface area contributed by atoms with Gasteiger partial charge in [-0.25, -0.2) is 0 Å². The highest BCUT2D eigenvalue weighted by atomic mass is 32.2. The minimum Gasteiger partial charge on any atom is -0.496 e. The molecular formula is C19H14F3NO3S2. The fourth-order valence-electron chi connectivity index (χ4n) is 2.50. The van der Waals surface area contributed by atoms with E-state index in [4.69, 9.17) is 21.7 Å². The first-order valence-electron chi connectivity index (χ1n) is 7.98. The number of halogens is 3. The largest absolute Gasteiger partial charge is 0.496 e. The second kappa shape index (κ2) is 8.24. The van der Waals surface area contributed by atoms with Crippen LogP contribution in [0, 0.1) is 0 Å². The number of alkyl halides is 3. The van der Waals surface area contributed by atoms with Crippen LogP contribution in [0.2, 0.25) is 0 Å². The van der Waals surface area contributed by atoms with Gasteiger partial charge in [-0.05, 0) is 42.0 Å². The van der Waals surface area contributed by atoms with Gasteiger partial charge in [0, 0.05) is 5.56 Å². The van der Waals surface area contributed by atoms with Gasteiger partial charge in [-0.3, -0.25) is 4.79 Å². The van der Waals surface area contributed by atoms with Gasteiger partial charge in [-0.2, -0.15) is 13.2 Å². The predicted molar refractivity (Wildman–Crippen MR) is 105 cm³/mol. The summed E-state index contributed by atoms with van der Waals surface area (Å²) in [5.41, 5.74) is 0.557. The Balaban J connectivity index is 1.81. The molecule has 9 heteroatoms. The number of ether oxygens (including phenoxy) is 2. The number of hydrogen-bond acceptors (Lipinski definition) is 5. The van der Waals surface area contributed by atoms with Crippen LogP contribution in [0.25, 0.3) is 6.08 Å². The van der Waals surface area contributed by atoms with Gasteiger partial charge in [0.15, 0.2) is 0 Å². The zero-order valence-electron chi connectivity index (χ0n) is 14.5. The summed E-state index contributed by atoms with van der Waals surface area (Å²) in [5.74, 6) is 0.345. The van der Waals surface area contributed by atoms with Crippen LogP contribution >= 0.6 is 24.0 Å². The Morgan fingerprint density at radius 2 is 2.00 bits per heavy atom. The number of carbonyl (C=O) groups excluding carboxylic acids is 1. The van der Waals surface area contributed by atoms with E-state index in [-0.39, 0.29) is 18.3 Å². The number of nitrogens with one attached hydrogen (secondary N) is 1. The predicted octanol–water partition coefficient (Wildman–Crippen LogP) is 4.78. The molecule has 1 saturated heterocycles. The number of amides is 1. The van der Waals surface area contributed by atoms with E-state index in [1.54, 1.807) is 24.3 Å². The molecule has 146 valence electrons. The van der Waals surface area contributed by atoms with E-state index in [9.17, 15) is 18.0 Å². The molecule has 1 aliphatic heterocycles. The molecular weight excluding hydrogens is 411 g/mol. The van der Waals surface area contributed by atoms with Gasteiger partial charge in [-0.1, -0.05) is 36.1 Å². The van der Waals surface area contributed by atoms with Crippen molar-refractivity contribution in [3.8, 4) is 11.5 Å². The minimum absolute atomic E-state index is 0.000746. The van der Waals surface area contributed by atoms with Crippen LogP contribution in [-0.4, -0.2) is 17.3 Å². The molecule has 4 nitrogen and oxygen atoms in total. The second-order valence-corrected chi connectivity index (χ2v) is 7.46. The highest BCUT2D eigenvalue weighted by Crippen LogP contribution is 2.32. The molecule has 1 aliphatic rings. The number of benzene rings is 2. The average Bonchev–Trinajstić information content (AvgIpc) is 2.96. The first kappa shape index (κ1) is 20.2. The number of thiocarbonyl (C=S) groups is 1. The van der Waals surface area contributed by atoms with Crippen molar-refractivity contribution >= 4 is 40.3 Å². The lowest BCUT2D eigenvalue weighted by Crippen LogP contribution is -2.17. The van der Waals surface area contributed by atoms with Gasteiger partial charge in [-0.15, -0.1) is 0 Å². The lowest BCUT2D eigenvalue weighted by Gasteiger charge is -2.13. The van der Waals surface area contributed by atoms with E-state index in [1.807, 2.05) is 0 Å². The lowest BCUT2D eigenvalue weighted by atomic mass is 10.1. The summed E-state index contributed by atoms with van der Waals surface area (Å²) in [6, 6.07) is 9.87. The molecule has 0 bridgehead atoms. The average molecular weight is 425 g/mol. The first-order valence-corrected chi connectivity index (χ1v) is 9.20. The topological polar surface area (TPSA) is 47.6 Å². The maximum atomic E-state index is 12.8. The molecule has 0 saturated carbocycles. The van der Waals surface area contributed by atoms with Gasteiger partial charge in [0.25, 0.3) is 5.91 Å². The zero-order valence-corrected chi connectivity index (χ0v) is 16.1. The molecule has 1 N–H and O–H groups in total. The first-order chi connectivity index (χ1) is 13.3. The summed E-state index contributed by atoms with van der Waals surface area (Å²) >= 11 is 6.12. The number of thioether (sulfide) groups is 1. The zero-order chi connectivity index (χ0) is 20.3. The Kier molecular flexibility index (Phi) is 5.95. The summed E-state index contributed by atoms with van der Waals surface area (Å²) < 4.78 is 49.7. The SMILES string of the molecule is COc1ccc(/C=C2/SC(=S)NC2=O)cc1COc1cccc(C(F)(F)F)c1. The molecule has 1 heterocycles. The van der Waals surface area contributed by atoms with Crippen molar-refractivity contribution in [2.24, 2.45) is 0 Å². The van der Waals surface area contributed by atoms with Crippen LogP contribution in [0.15, 0.2) is 47.4 Å². The molecule has 0 aromatic heterocycles. The molecule has 0 radical (unpaired) electrons. The standard InChI is InChI=1S/C19H14F3NO3S2/c1-25-15-6-5-11(8-16-17(24)23-18(27)28-16)7-12(15)10-26-14-4-2-3-13(9-14)19(20,21)22/h2-9H,10H2,1H3,(H,23,24,27)/b16-8+. The van der Waals surface area contributed by atoms with Crippen molar-refractivity contribution in [1.29, 1.82) is 0 Å². The van der Waals surface area contributed by atoms with Crippen molar-refractivity contribution < 1.29 is 27.4 Å². The van der Waals surface area contributed by atoms with Crippen LogP contribution in [0.3, 0.4) is 0 Å². The van der Waals surface area contributed by atoms with E-state index in [0.29, 0.717) is 26.1 Å². The molecule has 2 aromatic carbocycles. The van der Waals surface area contributed by atoms with Crippen molar-refractivity contribution in [3.05, 3.63) is 64.1 Å². The van der Waals surface area contributed by atoms with E-state index < -0.39 is 11.7 Å². The molecule has 0 atom stereocenters. The number of hydrogen-bond donors (Lipinski definition) is 1. The summed E-state index contributed by atoms with van der Waals surface area (Å²) in [5, 5.41) is 2.53. The van der Waals surface area contributed by atoms with Crippen LogP contribution in [-0.2, 0) is 17.6 Å². The molecule has 2 aromatic rings. The van der Waals surface area contributed by atoms with Crippen molar-refractivity contribution in [2.75, 3.05) is 7.11 Å². The normalized spacial score (nSPS) is 15.6. The van der Waals surface area contributed by atoms with Gasteiger partial charge in [0.1, 0.15) is 22.4 Å². The van der Waals surface area contributed by atoms with E-state index in [2.05, 4.69) is 5.32 Å². The van der Waals surface area contributed by atoms with Gasteiger partial charge in [0.05, 0.1) is 17.6 Å². The third kappa shape index (κ3) is 4.85. The highest BCUT2D eigenvalue weighted by molar-refractivity contribution is 8.26. The van der Waals surface area contributed by atoms with Crippen LogP contribution in [0.1, 0.15) is 16.7 Å². The molecule has 1 fully saturated rings. The summed E-state index contributed by atoms with van der Waals surface area (Å²) in [6.07, 6.45) is -2.77. The Morgan fingerprint density at radius 1 is 1.21 bits per heavy atom. The molecule has 0 unspecified atom stereocenters. The number of methoxy groups -OCH3 is 1. The Morgan fingerprint density at radius 3 is 2.64 bits per heavy atom. The summed E-state index contributed by atoms with van der Waals surface area (Å²) in [6.45, 7) is -0.000746. The maximum absolute atomic E-state index is 12.8. The minimum atomic E-state index is -4.44. The second-order valence-electron chi connectivity index (χ2n) is 5.74. The Labute approximate surface area is 168 Å². The molecule has 1 amide bonds. The van der Waals surface area contributed by atoms with Crippen LogP contribution < -0.4 is 14.8 Å². The molecule has 0 aliphatic carbocycles. The van der Waals surface area contributed by atoms with Crippen molar-refractivity contribution in [1.82, 2.24) is 5.32 Å². The van der Waals surface area contributed by atoms with E-state index in [1.165, 1.54) is 19.2 Å². The number of rotatable bonds is 5. The quantitative estimate of drug-likeness (QED) is 0.552. The van der Waals surface area contributed by atoms with Gasteiger partial charge < -0.3 is 14.8 Å². The Hall–Kier alpha value is -2.52. The van der Waals surface area contributed by atoms with E-state index >= 15 is 0 Å². The monoisotopic (exact) mass is 425 g/mol. The Bertz CT molecular complexity index is 958. The fraction of sp³-hybridized carbons (Fsp3) is 0.158. The maximum Gasteiger partial charge on any atom is 0.416 e. The van der Waals surface area contributed by atoms with Crippen LogP contribution in [0.5, 0.6) is 11.5 Å². The van der Waals surface area contributed by atoms with Gasteiger partial charge in [0.2, 0.25) is 0 Å². The van der Waals surface area contributed by atoms with Crippen LogP contribution in [0.4, 0.5) is 13.2 Å². The van der Waals surface area contributed by atoms with Gasteiger partial charge >= 0.3 is 6.18 Å².